The van der Waals surface area contributed by atoms with Crippen molar-refractivity contribution in [1.29, 1.82) is 0 Å². The van der Waals surface area contributed by atoms with Crippen LogP contribution in [0.15, 0.2) is 72.8 Å². The van der Waals surface area contributed by atoms with Crippen molar-refractivity contribution in [3.05, 3.63) is 112 Å². The van der Waals surface area contributed by atoms with Crippen LogP contribution in [-0.4, -0.2) is 21.8 Å². The first kappa shape index (κ1) is 27.4. The van der Waals surface area contributed by atoms with Gasteiger partial charge in [-0.15, -0.1) is 0 Å². The van der Waals surface area contributed by atoms with Crippen LogP contribution in [0, 0.1) is 17.0 Å². The molecule has 200 valence electrons. The largest absolute Gasteiger partial charge is 0.481 e. The molecule has 1 heterocycles. The van der Waals surface area contributed by atoms with E-state index in [0.29, 0.717) is 16.6 Å². The molecule has 1 aliphatic rings. The van der Waals surface area contributed by atoms with Crippen LogP contribution in [0.2, 0.25) is 5.02 Å². The molecule has 39 heavy (non-hydrogen) atoms. The van der Waals surface area contributed by atoms with Gasteiger partial charge < -0.3 is 5.11 Å². The molecule has 0 aliphatic heterocycles. The Kier molecular flexibility index (Phi) is 8.34. The van der Waals surface area contributed by atoms with E-state index in [9.17, 15) is 18.7 Å². The molecule has 0 unspecified atom stereocenters. The van der Waals surface area contributed by atoms with Crippen LogP contribution < -0.4 is 0 Å². The predicted octanol–water partition coefficient (Wildman–Crippen LogP) is 9.00. The lowest BCUT2D eigenvalue weighted by atomic mass is 10.0. The molecular formula is C32H28ClF2NO2S. The van der Waals surface area contributed by atoms with Crippen LogP contribution in [0.3, 0.4) is 0 Å². The standard InChI is InChI=1S/C32H28ClF2NO2S/c33-26-7-2-1-5-22(26)10-13-30(39-20-32(14-15-32)19-31(37)38)24-6-3-4-21(16-24)8-11-25-12-9-23-17-27(34)28(35)18-29(23)36-25/h1-9,11-12,16-18,30H,10,13-15,19-20H2,(H,37,38)/t30-/m1/s1. The summed E-state index contributed by atoms with van der Waals surface area (Å²) >= 11 is 8.25. The molecule has 3 aromatic carbocycles. The molecule has 5 rings (SSSR count). The number of aromatic nitrogens is 1. The van der Waals surface area contributed by atoms with Crippen LogP contribution in [0.4, 0.5) is 8.78 Å². The maximum atomic E-state index is 13.7. The number of fused-ring (bicyclic) bond motifs is 1. The van der Waals surface area contributed by atoms with E-state index in [4.69, 9.17) is 11.6 Å². The number of aryl methyl sites for hydroxylation is 1. The Morgan fingerprint density at radius 2 is 1.82 bits per heavy atom. The summed E-state index contributed by atoms with van der Waals surface area (Å²) in [5, 5.41) is 10.8. The fourth-order valence-corrected chi connectivity index (χ4v) is 6.55. The number of pyridine rings is 1. The van der Waals surface area contributed by atoms with Gasteiger partial charge in [0.05, 0.1) is 17.6 Å². The van der Waals surface area contributed by atoms with E-state index in [0.717, 1.165) is 59.7 Å². The first-order valence-electron chi connectivity index (χ1n) is 12.9. The lowest BCUT2D eigenvalue weighted by Gasteiger charge is -2.21. The molecule has 0 radical (unpaired) electrons. The molecule has 1 aliphatic carbocycles. The van der Waals surface area contributed by atoms with Crippen molar-refractivity contribution in [3.8, 4) is 0 Å². The average Bonchev–Trinajstić information content (AvgIpc) is 3.68. The maximum Gasteiger partial charge on any atom is 0.303 e. The number of carboxylic acid groups (broad SMARTS) is 1. The Morgan fingerprint density at radius 1 is 1.03 bits per heavy atom. The summed E-state index contributed by atoms with van der Waals surface area (Å²) in [6.45, 7) is 0. The van der Waals surface area contributed by atoms with E-state index in [1.807, 2.05) is 60.3 Å². The lowest BCUT2D eigenvalue weighted by molar-refractivity contribution is -0.138. The number of hydrogen-bond acceptors (Lipinski definition) is 3. The van der Waals surface area contributed by atoms with Crippen molar-refractivity contribution in [2.45, 2.75) is 37.4 Å². The molecule has 7 heteroatoms. The number of halogens is 3. The van der Waals surface area contributed by atoms with Gasteiger partial charge in [-0.3, -0.25) is 4.79 Å². The van der Waals surface area contributed by atoms with Crippen LogP contribution in [0.1, 0.15) is 53.3 Å². The van der Waals surface area contributed by atoms with Crippen molar-refractivity contribution >= 4 is 52.4 Å². The van der Waals surface area contributed by atoms with Crippen LogP contribution in [0.25, 0.3) is 23.1 Å². The van der Waals surface area contributed by atoms with Gasteiger partial charge in [0.2, 0.25) is 0 Å². The molecule has 1 aromatic heterocycles. The summed E-state index contributed by atoms with van der Waals surface area (Å²) in [5.41, 5.74) is 4.22. The highest BCUT2D eigenvalue weighted by molar-refractivity contribution is 7.99. The zero-order valence-corrected chi connectivity index (χ0v) is 22.8. The monoisotopic (exact) mass is 563 g/mol. The van der Waals surface area contributed by atoms with Gasteiger partial charge in [0.25, 0.3) is 0 Å². The fourth-order valence-electron chi connectivity index (χ4n) is 4.75. The third-order valence-corrected chi connectivity index (χ3v) is 9.25. The Labute approximate surface area is 235 Å². The molecular weight excluding hydrogens is 536 g/mol. The van der Waals surface area contributed by atoms with Gasteiger partial charge in [0, 0.05) is 27.5 Å². The summed E-state index contributed by atoms with van der Waals surface area (Å²) in [5.74, 6) is -1.73. The van der Waals surface area contributed by atoms with Crippen LogP contribution in [0.5, 0.6) is 0 Å². The van der Waals surface area contributed by atoms with Crippen molar-refractivity contribution < 1.29 is 18.7 Å². The second kappa shape index (κ2) is 11.9. The maximum absolute atomic E-state index is 13.7. The molecule has 0 bridgehead atoms. The third kappa shape index (κ3) is 7.06. The van der Waals surface area contributed by atoms with Crippen molar-refractivity contribution in [3.63, 3.8) is 0 Å². The van der Waals surface area contributed by atoms with E-state index in [2.05, 4.69) is 17.1 Å². The first-order chi connectivity index (χ1) is 18.8. The summed E-state index contributed by atoms with van der Waals surface area (Å²) in [7, 11) is 0. The average molecular weight is 564 g/mol. The smallest absolute Gasteiger partial charge is 0.303 e. The molecule has 0 amide bonds. The predicted molar refractivity (Wildman–Crippen MR) is 156 cm³/mol. The second-order valence-electron chi connectivity index (χ2n) is 10.2. The number of hydrogen-bond donors (Lipinski definition) is 1. The van der Waals surface area contributed by atoms with Crippen molar-refractivity contribution in [2.24, 2.45) is 5.41 Å². The van der Waals surface area contributed by atoms with Crippen LogP contribution in [-0.2, 0) is 11.2 Å². The van der Waals surface area contributed by atoms with Crippen LogP contribution >= 0.6 is 23.4 Å². The number of benzene rings is 3. The van der Waals surface area contributed by atoms with E-state index >= 15 is 0 Å². The highest BCUT2D eigenvalue weighted by Crippen LogP contribution is 2.53. The fraction of sp³-hybridized carbons (Fsp3) is 0.250. The normalized spacial score (nSPS) is 15.1. The SMILES string of the molecule is O=C(O)CC1(CS[C@H](CCc2ccccc2Cl)c2cccc(C=Cc3ccc4cc(F)c(F)cc4n3)c2)CC1. The second-order valence-corrected chi connectivity index (χ2v) is 11.8. The molecule has 4 aromatic rings. The first-order valence-corrected chi connectivity index (χ1v) is 14.3. The van der Waals surface area contributed by atoms with E-state index in [1.54, 1.807) is 12.1 Å². The van der Waals surface area contributed by atoms with Crippen molar-refractivity contribution in [1.82, 2.24) is 4.98 Å². The number of rotatable bonds is 11. The number of nitrogens with zero attached hydrogens (tertiary/aromatic N) is 1. The number of aliphatic carboxylic acids is 1. The van der Waals surface area contributed by atoms with Crippen molar-refractivity contribution in [2.75, 3.05) is 5.75 Å². The number of thioether (sulfide) groups is 1. The molecule has 0 saturated heterocycles. The molecule has 1 saturated carbocycles. The molecule has 1 atom stereocenters. The zero-order chi connectivity index (χ0) is 27.4. The number of carbonyl (C=O) groups is 1. The Balaban J connectivity index is 1.35. The van der Waals surface area contributed by atoms with Gasteiger partial charge in [-0.25, -0.2) is 13.8 Å². The molecule has 3 nitrogen and oxygen atoms in total. The van der Waals surface area contributed by atoms with Gasteiger partial charge in [-0.1, -0.05) is 66.2 Å². The summed E-state index contributed by atoms with van der Waals surface area (Å²) in [6, 6.07) is 21.9. The molecule has 0 spiro atoms. The van der Waals surface area contributed by atoms with Gasteiger partial charge in [0.15, 0.2) is 11.6 Å². The third-order valence-electron chi connectivity index (χ3n) is 7.19. The highest BCUT2D eigenvalue weighted by atomic mass is 35.5. The summed E-state index contributed by atoms with van der Waals surface area (Å²) in [6.07, 6.45) is 7.65. The molecule has 1 N–H and O–H groups in total. The van der Waals surface area contributed by atoms with Gasteiger partial charge in [-0.05, 0) is 72.1 Å². The van der Waals surface area contributed by atoms with Gasteiger partial charge >= 0.3 is 5.97 Å². The lowest BCUT2D eigenvalue weighted by Crippen LogP contribution is -2.12. The highest BCUT2D eigenvalue weighted by Gasteiger charge is 2.44. The Bertz CT molecular complexity index is 1540. The van der Waals surface area contributed by atoms with E-state index in [-0.39, 0.29) is 17.1 Å². The minimum atomic E-state index is -0.916. The Hall–Kier alpha value is -3.22. The van der Waals surface area contributed by atoms with E-state index < -0.39 is 17.6 Å². The van der Waals surface area contributed by atoms with Gasteiger partial charge in [-0.2, -0.15) is 11.8 Å². The molecule has 1 fully saturated rings. The quantitative estimate of drug-likeness (QED) is 0.198. The summed E-state index contributed by atoms with van der Waals surface area (Å²) < 4.78 is 27.2. The number of carboxylic acids is 1. The van der Waals surface area contributed by atoms with E-state index in [1.165, 1.54) is 5.56 Å². The van der Waals surface area contributed by atoms with Gasteiger partial charge in [0.1, 0.15) is 0 Å². The Morgan fingerprint density at radius 3 is 2.59 bits per heavy atom. The minimum Gasteiger partial charge on any atom is -0.481 e. The summed E-state index contributed by atoms with van der Waals surface area (Å²) in [4.78, 5) is 15.8. The topological polar surface area (TPSA) is 50.2 Å². The minimum absolute atomic E-state index is 0.0964. The zero-order valence-electron chi connectivity index (χ0n) is 21.2.